The minimum atomic E-state index is -1.41. The maximum atomic E-state index is 14.5. The average molecular weight is 936 g/mol. The second kappa shape index (κ2) is 19.1. The van der Waals surface area contributed by atoms with Gasteiger partial charge in [-0.1, -0.05) is 51.4 Å². The van der Waals surface area contributed by atoms with Crippen molar-refractivity contribution in [2.75, 3.05) is 62.5 Å². The van der Waals surface area contributed by atoms with Gasteiger partial charge in [0.25, 0.3) is 23.6 Å². The topological polar surface area (TPSA) is 153 Å². The Morgan fingerprint density at radius 3 is 1.74 bits per heavy atom. The van der Waals surface area contributed by atoms with Crippen LogP contribution in [0.15, 0.2) is 66.5 Å². The van der Waals surface area contributed by atoms with Crippen molar-refractivity contribution in [3.05, 3.63) is 88.8 Å². The monoisotopic (exact) mass is 935 g/mol. The van der Waals surface area contributed by atoms with Crippen molar-refractivity contribution in [2.24, 2.45) is 5.92 Å². The highest BCUT2D eigenvalue weighted by atomic mass is 28.3. The number of nitrogens with two attached hydrogens (primary N) is 1. The van der Waals surface area contributed by atoms with Gasteiger partial charge in [-0.3, -0.25) is 29.0 Å². The van der Waals surface area contributed by atoms with E-state index in [1.165, 1.54) is 7.11 Å². The van der Waals surface area contributed by atoms with E-state index in [0.717, 1.165) is 47.2 Å². The Morgan fingerprint density at radius 2 is 1.18 bits per heavy atom. The summed E-state index contributed by atoms with van der Waals surface area (Å²) in [6.45, 7) is 17.1. The first-order valence-electron chi connectivity index (χ1n) is 23.2. The second-order valence-corrected chi connectivity index (χ2v) is 31.8. The highest BCUT2D eigenvalue weighted by Crippen LogP contribution is 2.46. The van der Waals surface area contributed by atoms with Crippen LogP contribution in [0.1, 0.15) is 63.9 Å². The van der Waals surface area contributed by atoms with E-state index in [1.807, 2.05) is 37.4 Å². The Morgan fingerprint density at radius 1 is 0.652 bits per heavy atom. The van der Waals surface area contributed by atoms with Gasteiger partial charge in [0.05, 0.1) is 42.8 Å². The molecule has 2 atom stereocenters. The first kappa shape index (κ1) is 47.1. The van der Waals surface area contributed by atoms with Gasteiger partial charge in [-0.15, -0.1) is 0 Å². The molecule has 3 aromatic rings. The summed E-state index contributed by atoms with van der Waals surface area (Å²) < 4.78 is 30.8. The number of nitrogens with zero attached hydrogens (tertiary/aromatic N) is 4. The Labute approximate surface area is 390 Å². The fourth-order valence-electron chi connectivity index (χ4n) is 8.77. The maximum absolute atomic E-state index is 14.5. The van der Waals surface area contributed by atoms with E-state index in [0.29, 0.717) is 83.8 Å². The summed E-state index contributed by atoms with van der Waals surface area (Å²) >= 11 is 0. The van der Waals surface area contributed by atoms with E-state index in [1.54, 1.807) is 50.1 Å². The summed E-state index contributed by atoms with van der Waals surface area (Å²) in [5.41, 5.74) is 11.9. The first-order chi connectivity index (χ1) is 31.4. The lowest BCUT2D eigenvalue weighted by atomic mass is 10.0. The number of methoxy groups -OCH3 is 1. The third kappa shape index (κ3) is 10.3. The van der Waals surface area contributed by atoms with E-state index in [-0.39, 0.29) is 50.3 Å². The lowest BCUT2D eigenvalue weighted by Crippen LogP contribution is -2.45. The zero-order valence-corrected chi connectivity index (χ0v) is 41.7. The minimum absolute atomic E-state index is 0.000195. The lowest BCUT2D eigenvalue weighted by molar-refractivity contribution is -0.123. The number of hydrogen-bond acceptors (Lipinski definition) is 10. The summed E-state index contributed by atoms with van der Waals surface area (Å²) in [6, 6.07) is 14.9. The number of nitrogen functional groups attached to an aromatic ring is 1. The molecule has 1 aliphatic carbocycles. The molecule has 3 aromatic carbocycles. The SMILES string of the molecule is COc1cc2c(cc1OCCCOc1cc3c(cc1C)C(=O)N1C=C(c4ccc(N)cc4)C[C@H]1C(=O)N3COCC[Si](C)(C)C)N(COCC[Si](C)(C)C)C(=O)[C@@H]1CC(C3CC3)=CN1C2=O. The Balaban J connectivity index is 0.990. The second-order valence-electron chi connectivity index (χ2n) is 20.6. The molecule has 0 unspecified atom stereocenters. The third-order valence-electron chi connectivity index (χ3n) is 12.9. The fourth-order valence-corrected chi connectivity index (χ4v) is 10.3. The number of fused-ring (bicyclic) bond motifs is 4. The largest absolute Gasteiger partial charge is 0.493 e. The molecule has 66 heavy (non-hydrogen) atoms. The first-order valence-corrected chi connectivity index (χ1v) is 30.7. The Kier molecular flexibility index (Phi) is 13.6. The zero-order valence-electron chi connectivity index (χ0n) is 39.7. The van der Waals surface area contributed by atoms with Gasteiger partial charge in [0, 0.05) is 78.8 Å². The summed E-state index contributed by atoms with van der Waals surface area (Å²) in [5.74, 6) is 0.805. The molecule has 0 saturated heterocycles. The number of benzene rings is 3. The molecule has 1 saturated carbocycles. The normalized spacial score (nSPS) is 19.5. The number of hydrogen-bond donors (Lipinski definition) is 1. The number of carbonyl (C=O) groups excluding carboxylic acids is 4. The summed E-state index contributed by atoms with van der Waals surface area (Å²) in [5, 5.41) is 0. The van der Waals surface area contributed by atoms with Crippen LogP contribution in [0.5, 0.6) is 17.2 Å². The van der Waals surface area contributed by atoms with Gasteiger partial charge in [-0.25, -0.2) is 0 Å². The molecule has 1 fully saturated rings. The maximum Gasteiger partial charge on any atom is 0.260 e. The number of aryl methyl sites for hydroxylation is 1. The molecule has 8 rings (SSSR count). The zero-order chi connectivity index (χ0) is 47.1. The van der Waals surface area contributed by atoms with Crippen molar-refractivity contribution in [2.45, 2.75) is 102 Å². The quantitative estimate of drug-likeness (QED) is 0.0704. The van der Waals surface area contributed by atoms with Crippen molar-refractivity contribution >= 4 is 62.4 Å². The average Bonchev–Trinajstić information content (AvgIpc) is 3.89. The van der Waals surface area contributed by atoms with Gasteiger partial charge in [-0.2, -0.15) is 0 Å². The molecular formula is C50H65N5O9Si2. The van der Waals surface area contributed by atoms with Gasteiger partial charge in [-0.05, 0) is 84.3 Å². The van der Waals surface area contributed by atoms with Crippen LogP contribution >= 0.6 is 0 Å². The van der Waals surface area contributed by atoms with Gasteiger partial charge < -0.3 is 39.2 Å². The standard InChI is InChI=1S/C50H65N5O9Si2/c1-32-22-38-40(54(30-61-18-20-65(3,4)5)49(58)42-24-36(29-52(42)47(38)56)34-12-14-37(51)15-13-34)26-44(32)63-16-9-17-64-46-27-41-39(25-45(46)60-2)48(57)53-28-35(33-10-11-33)23-43(53)50(59)55(41)31-62-19-21-66(6,7)8/h12-15,22,25-29,33,42-43H,9-11,16-21,23-24,30-31,51H2,1-8H3/t42-,43-/m0/s1. The van der Waals surface area contributed by atoms with Crippen LogP contribution in [0.3, 0.4) is 0 Å². The predicted octanol–water partition coefficient (Wildman–Crippen LogP) is 8.52. The molecule has 14 nitrogen and oxygen atoms in total. The van der Waals surface area contributed by atoms with Crippen molar-refractivity contribution in [3.8, 4) is 17.2 Å². The molecule has 0 aromatic heterocycles. The van der Waals surface area contributed by atoms with E-state index in [2.05, 4.69) is 39.3 Å². The lowest BCUT2D eigenvalue weighted by Gasteiger charge is -2.27. The van der Waals surface area contributed by atoms with Crippen LogP contribution in [-0.4, -0.2) is 109 Å². The molecular weight excluding hydrogens is 871 g/mol. The van der Waals surface area contributed by atoms with Crippen molar-refractivity contribution in [3.63, 3.8) is 0 Å². The Bertz CT molecular complexity index is 2440. The molecule has 352 valence electrons. The van der Waals surface area contributed by atoms with Crippen LogP contribution < -0.4 is 29.7 Å². The highest BCUT2D eigenvalue weighted by Gasteiger charge is 2.46. The van der Waals surface area contributed by atoms with Gasteiger partial charge in [0.2, 0.25) is 0 Å². The van der Waals surface area contributed by atoms with Gasteiger partial charge in [0.15, 0.2) is 11.5 Å². The van der Waals surface area contributed by atoms with Crippen molar-refractivity contribution in [1.82, 2.24) is 9.80 Å². The summed E-state index contributed by atoms with van der Waals surface area (Å²) in [6.07, 6.45) is 7.19. The number of amides is 4. The molecule has 4 aliphatic heterocycles. The van der Waals surface area contributed by atoms with E-state index < -0.39 is 28.2 Å². The third-order valence-corrected chi connectivity index (χ3v) is 16.3. The number of rotatable bonds is 19. The fraction of sp³-hybridized carbons (Fsp3) is 0.480. The van der Waals surface area contributed by atoms with Gasteiger partial charge >= 0.3 is 0 Å². The smallest absolute Gasteiger partial charge is 0.260 e. The van der Waals surface area contributed by atoms with E-state index in [4.69, 9.17) is 29.4 Å². The molecule has 0 bridgehead atoms. The molecule has 4 heterocycles. The molecule has 0 spiro atoms. The van der Waals surface area contributed by atoms with Crippen LogP contribution in [0.25, 0.3) is 5.57 Å². The molecule has 5 aliphatic rings. The summed E-state index contributed by atoms with van der Waals surface area (Å²) in [7, 11) is -1.27. The molecule has 0 radical (unpaired) electrons. The van der Waals surface area contributed by atoms with Gasteiger partial charge in [0.1, 0.15) is 31.3 Å². The molecule has 2 N–H and O–H groups in total. The highest BCUT2D eigenvalue weighted by molar-refractivity contribution is 6.76. The minimum Gasteiger partial charge on any atom is -0.493 e. The van der Waals surface area contributed by atoms with Crippen molar-refractivity contribution < 1.29 is 42.9 Å². The van der Waals surface area contributed by atoms with Crippen LogP contribution in [0.4, 0.5) is 17.1 Å². The Hall–Kier alpha value is -5.43. The predicted molar refractivity (Wildman–Crippen MR) is 261 cm³/mol. The summed E-state index contributed by atoms with van der Waals surface area (Å²) in [4.78, 5) is 63.7. The number of ether oxygens (including phenoxy) is 5. The van der Waals surface area contributed by atoms with Crippen LogP contribution in [-0.2, 0) is 19.1 Å². The number of anilines is 3. The molecule has 4 amide bonds. The number of carbonyl (C=O) groups is 4. The van der Waals surface area contributed by atoms with E-state index in [9.17, 15) is 19.2 Å². The molecule has 16 heteroatoms. The van der Waals surface area contributed by atoms with Crippen molar-refractivity contribution in [1.29, 1.82) is 0 Å². The van der Waals surface area contributed by atoms with Crippen LogP contribution in [0.2, 0.25) is 51.4 Å². The van der Waals surface area contributed by atoms with Crippen LogP contribution in [0, 0.1) is 12.8 Å². The van der Waals surface area contributed by atoms with E-state index >= 15 is 0 Å².